The maximum absolute atomic E-state index is 11.4. The molecule has 0 aromatic carbocycles. The molecule has 0 spiro atoms. The highest BCUT2D eigenvalue weighted by Crippen LogP contribution is 2.24. The van der Waals surface area contributed by atoms with Crippen LogP contribution >= 0.6 is 0 Å². The first-order chi connectivity index (χ1) is 9.11. The molecule has 1 aliphatic heterocycles. The Morgan fingerprint density at radius 2 is 2.11 bits per heavy atom. The summed E-state index contributed by atoms with van der Waals surface area (Å²) in [4.78, 5) is 28.9. The van der Waals surface area contributed by atoms with Crippen molar-refractivity contribution in [3.05, 3.63) is 23.9 Å². The summed E-state index contributed by atoms with van der Waals surface area (Å²) in [6.45, 7) is 5.23. The lowest BCUT2D eigenvalue weighted by atomic mass is 10.1. The van der Waals surface area contributed by atoms with Crippen LogP contribution in [0.4, 0.5) is 5.82 Å². The van der Waals surface area contributed by atoms with Crippen molar-refractivity contribution in [2.75, 3.05) is 24.5 Å². The third-order valence-electron chi connectivity index (χ3n) is 3.04. The molecular weight excluding hydrogens is 244 g/mol. The number of aromatic nitrogens is 1. The van der Waals surface area contributed by atoms with E-state index in [2.05, 4.69) is 15.6 Å². The maximum Gasteiger partial charge on any atom is 0.246 e. The van der Waals surface area contributed by atoms with E-state index in [1.807, 2.05) is 26.0 Å². The Kier molecular flexibility index (Phi) is 4.11. The number of carbonyl (C=O) groups excluding carboxylic acids is 2. The van der Waals surface area contributed by atoms with Gasteiger partial charge in [-0.25, -0.2) is 4.98 Å². The number of hydrogen-bond donors (Lipinski definition) is 2. The van der Waals surface area contributed by atoms with Crippen molar-refractivity contribution >= 4 is 17.6 Å². The summed E-state index contributed by atoms with van der Waals surface area (Å²) in [5, 5.41) is 5.60. The molecule has 2 amide bonds. The summed E-state index contributed by atoms with van der Waals surface area (Å²) in [5.74, 6) is 0.118. The maximum atomic E-state index is 11.4. The third-order valence-corrected chi connectivity index (χ3v) is 3.04. The standard InChI is InChI=1S/C13H18N4O2/c1-3-14-9(2)10-5-4-6-15-13(10)17-7-11(18)16-12(19)8-17/h4-6,9,14H,3,7-8H2,1-2H3,(H,16,18,19). The topological polar surface area (TPSA) is 74.3 Å². The molecule has 2 rings (SSSR count). The van der Waals surface area contributed by atoms with Crippen LogP contribution in [0, 0.1) is 0 Å². The molecule has 0 bridgehead atoms. The summed E-state index contributed by atoms with van der Waals surface area (Å²) in [6, 6.07) is 3.94. The highest BCUT2D eigenvalue weighted by Gasteiger charge is 2.26. The van der Waals surface area contributed by atoms with Crippen LogP contribution < -0.4 is 15.5 Å². The highest BCUT2D eigenvalue weighted by molar-refractivity contribution is 6.02. The van der Waals surface area contributed by atoms with Gasteiger partial charge in [-0.2, -0.15) is 0 Å². The summed E-state index contributed by atoms with van der Waals surface area (Å²) < 4.78 is 0. The number of nitrogens with one attached hydrogen (secondary N) is 2. The number of hydrogen-bond acceptors (Lipinski definition) is 5. The van der Waals surface area contributed by atoms with Crippen LogP contribution in [0.15, 0.2) is 18.3 Å². The van der Waals surface area contributed by atoms with Gasteiger partial charge in [-0.15, -0.1) is 0 Å². The molecular formula is C13H18N4O2. The zero-order valence-corrected chi connectivity index (χ0v) is 11.1. The van der Waals surface area contributed by atoms with E-state index in [1.54, 1.807) is 11.1 Å². The zero-order valence-electron chi connectivity index (χ0n) is 11.1. The molecule has 6 heteroatoms. The predicted octanol–water partition coefficient (Wildman–Crippen LogP) is 0.215. The summed E-state index contributed by atoms with van der Waals surface area (Å²) in [6.07, 6.45) is 1.68. The van der Waals surface area contributed by atoms with Gasteiger partial charge in [0.25, 0.3) is 0 Å². The van der Waals surface area contributed by atoms with Crippen molar-refractivity contribution in [2.24, 2.45) is 0 Å². The molecule has 2 N–H and O–H groups in total. The Balaban J connectivity index is 2.28. The molecule has 1 unspecified atom stereocenters. The fourth-order valence-electron chi connectivity index (χ4n) is 2.21. The van der Waals surface area contributed by atoms with Crippen LogP contribution in [0.1, 0.15) is 25.5 Å². The zero-order chi connectivity index (χ0) is 13.8. The van der Waals surface area contributed by atoms with Crippen LogP contribution in [-0.2, 0) is 9.59 Å². The Hall–Kier alpha value is -1.95. The number of imide groups is 1. The van der Waals surface area contributed by atoms with E-state index in [4.69, 9.17) is 0 Å². The van der Waals surface area contributed by atoms with E-state index in [1.165, 1.54) is 0 Å². The van der Waals surface area contributed by atoms with E-state index < -0.39 is 0 Å². The van der Waals surface area contributed by atoms with E-state index >= 15 is 0 Å². The normalized spacial score (nSPS) is 17.3. The SMILES string of the molecule is CCNC(C)c1cccnc1N1CC(=O)NC(=O)C1. The van der Waals surface area contributed by atoms with Gasteiger partial charge in [0.15, 0.2) is 0 Å². The molecule has 0 radical (unpaired) electrons. The Morgan fingerprint density at radius 1 is 1.42 bits per heavy atom. The van der Waals surface area contributed by atoms with Gasteiger partial charge in [0.05, 0.1) is 13.1 Å². The largest absolute Gasteiger partial charge is 0.338 e. The molecule has 1 saturated heterocycles. The van der Waals surface area contributed by atoms with Crippen LogP contribution in [0.2, 0.25) is 0 Å². The number of pyridine rings is 1. The molecule has 1 atom stereocenters. The molecule has 2 heterocycles. The molecule has 19 heavy (non-hydrogen) atoms. The van der Waals surface area contributed by atoms with Gasteiger partial charge < -0.3 is 10.2 Å². The van der Waals surface area contributed by atoms with Crippen molar-refractivity contribution in [1.29, 1.82) is 0 Å². The summed E-state index contributed by atoms with van der Waals surface area (Å²) in [5.41, 5.74) is 0.992. The van der Waals surface area contributed by atoms with Crippen molar-refractivity contribution in [2.45, 2.75) is 19.9 Å². The molecule has 1 aliphatic rings. The van der Waals surface area contributed by atoms with E-state index in [-0.39, 0.29) is 30.9 Å². The minimum Gasteiger partial charge on any atom is -0.338 e. The first-order valence-electron chi connectivity index (χ1n) is 6.37. The van der Waals surface area contributed by atoms with Crippen molar-refractivity contribution < 1.29 is 9.59 Å². The second-order valence-electron chi connectivity index (χ2n) is 4.52. The van der Waals surface area contributed by atoms with Crippen LogP contribution in [-0.4, -0.2) is 36.4 Å². The van der Waals surface area contributed by atoms with Gasteiger partial charge >= 0.3 is 0 Å². The van der Waals surface area contributed by atoms with Crippen molar-refractivity contribution in [3.63, 3.8) is 0 Å². The van der Waals surface area contributed by atoms with E-state index in [9.17, 15) is 9.59 Å². The molecule has 6 nitrogen and oxygen atoms in total. The first kappa shape index (κ1) is 13.5. The van der Waals surface area contributed by atoms with Crippen molar-refractivity contribution in [3.8, 4) is 0 Å². The van der Waals surface area contributed by atoms with Crippen molar-refractivity contribution in [1.82, 2.24) is 15.6 Å². The third kappa shape index (κ3) is 3.08. The number of nitrogens with zero attached hydrogens (tertiary/aromatic N) is 2. The average Bonchev–Trinajstić information content (AvgIpc) is 2.38. The lowest BCUT2D eigenvalue weighted by Gasteiger charge is -2.29. The van der Waals surface area contributed by atoms with E-state index in [0.717, 1.165) is 12.1 Å². The molecule has 0 aliphatic carbocycles. The second kappa shape index (κ2) is 5.79. The quantitative estimate of drug-likeness (QED) is 0.759. The molecule has 1 aromatic heterocycles. The average molecular weight is 262 g/mol. The Bertz CT molecular complexity index is 473. The first-order valence-corrected chi connectivity index (χ1v) is 6.37. The number of piperazine rings is 1. The number of amides is 2. The van der Waals surface area contributed by atoms with Gasteiger partial charge in [-0.1, -0.05) is 13.0 Å². The van der Waals surface area contributed by atoms with Crippen LogP contribution in [0.3, 0.4) is 0 Å². The van der Waals surface area contributed by atoms with Gasteiger partial charge in [0.2, 0.25) is 11.8 Å². The van der Waals surface area contributed by atoms with Gasteiger partial charge in [0, 0.05) is 17.8 Å². The molecule has 1 fully saturated rings. The van der Waals surface area contributed by atoms with Gasteiger partial charge in [-0.05, 0) is 19.5 Å². The fraction of sp³-hybridized carbons (Fsp3) is 0.462. The number of anilines is 1. The van der Waals surface area contributed by atoms with Gasteiger partial charge in [0.1, 0.15) is 5.82 Å². The second-order valence-corrected chi connectivity index (χ2v) is 4.52. The smallest absolute Gasteiger partial charge is 0.246 e. The van der Waals surface area contributed by atoms with Crippen LogP contribution in [0.25, 0.3) is 0 Å². The Labute approximate surface area is 112 Å². The number of carbonyl (C=O) groups is 2. The minimum atomic E-state index is -0.288. The van der Waals surface area contributed by atoms with Gasteiger partial charge in [-0.3, -0.25) is 14.9 Å². The molecule has 0 saturated carbocycles. The van der Waals surface area contributed by atoms with E-state index in [0.29, 0.717) is 5.82 Å². The molecule has 1 aromatic rings. The van der Waals surface area contributed by atoms with Crippen LogP contribution in [0.5, 0.6) is 0 Å². The lowest BCUT2D eigenvalue weighted by Crippen LogP contribution is -2.52. The summed E-state index contributed by atoms with van der Waals surface area (Å²) in [7, 11) is 0. The monoisotopic (exact) mass is 262 g/mol. The lowest BCUT2D eigenvalue weighted by molar-refractivity contribution is -0.130. The predicted molar refractivity (Wildman–Crippen MR) is 71.7 cm³/mol. The molecule has 102 valence electrons. The summed E-state index contributed by atoms with van der Waals surface area (Å²) >= 11 is 0. The Morgan fingerprint density at radius 3 is 2.74 bits per heavy atom. The number of rotatable bonds is 4. The highest BCUT2D eigenvalue weighted by atomic mass is 16.2. The fourth-order valence-corrected chi connectivity index (χ4v) is 2.21. The minimum absolute atomic E-state index is 0.119.